The molecule has 5 heteroatoms. The predicted molar refractivity (Wildman–Crippen MR) is 130 cm³/mol. The van der Waals surface area contributed by atoms with E-state index in [2.05, 4.69) is 72.0 Å². The van der Waals surface area contributed by atoms with E-state index < -0.39 is 0 Å². The van der Waals surface area contributed by atoms with Crippen molar-refractivity contribution in [2.45, 2.75) is 33.7 Å². The van der Waals surface area contributed by atoms with Gasteiger partial charge < -0.3 is 19.5 Å². The molecule has 0 bridgehead atoms. The molecule has 0 saturated carbocycles. The van der Waals surface area contributed by atoms with Crippen LogP contribution in [0.15, 0.2) is 54.6 Å². The lowest BCUT2D eigenvalue weighted by Gasteiger charge is -2.29. The van der Waals surface area contributed by atoms with E-state index in [0.29, 0.717) is 13.1 Å². The number of anilines is 1. The number of amides is 1. The van der Waals surface area contributed by atoms with Crippen LogP contribution in [-0.4, -0.2) is 43.3 Å². The fourth-order valence-electron chi connectivity index (χ4n) is 4.67. The van der Waals surface area contributed by atoms with Crippen LogP contribution in [0.2, 0.25) is 0 Å². The molecule has 2 heterocycles. The number of ether oxygens (including phenoxy) is 1. The van der Waals surface area contributed by atoms with Gasteiger partial charge in [-0.25, -0.2) is 0 Å². The Balaban J connectivity index is 1.62. The van der Waals surface area contributed by atoms with Crippen LogP contribution in [0.5, 0.6) is 0 Å². The van der Waals surface area contributed by atoms with Crippen molar-refractivity contribution in [2.75, 3.05) is 37.7 Å². The van der Waals surface area contributed by atoms with Gasteiger partial charge in [0.05, 0.1) is 18.9 Å². The first-order valence-electron chi connectivity index (χ1n) is 11.4. The van der Waals surface area contributed by atoms with Crippen LogP contribution in [0.25, 0.3) is 0 Å². The second kappa shape index (κ2) is 10.0. The first-order chi connectivity index (χ1) is 15.5. The normalized spacial score (nSPS) is 13.9. The molecule has 1 N–H and O–H groups in total. The zero-order valence-corrected chi connectivity index (χ0v) is 19.4. The van der Waals surface area contributed by atoms with E-state index >= 15 is 0 Å². The first-order valence-corrected chi connectivity index (χ1v) is 11.4. The average Bonchev–Trinajstić information content (AvgIpc) is 3.04. The summed E-state index contributed by atoms with van der Waals surface area (Å²) in [4.78, 5) is 15.8. The van der Waals surface area contributed by atoms with Gasteiger partial charge in [0, 0.05) is 37.4 Å². The highest BCUT2D eigenvalue weighted by Crippen LogP contribution is 2.32. The summed E-state index contributed by atoms with van der Waals surface area (Å²) >= 11 is 0. The van der Waals surface area contributed by atoms with E-state index in [1.54, 1.807) is 0 Å². The Morgan fingerprint density at radius 1 is 0.969 bits per heavy atom. The number of hydrogen-bond acceptors (Lipinski definition) is 3. The summed E-state index contributed by atoms with van der Waals surface area (Å²) in [5.41, 5.74) is 7.78. The minimum Gasteiger partial charge on any atom is -0.378 e. The highest BCUT2D eigenvalue weighted by Gasteiger charge is 2.26. The molecule has 1 aromatic heterocycles. The Labute approximate surface area is 191 Å². The monoisotopic (exact) mass is 431 g/mol. The number of carbonyl (C=O) groups is 1. The molecule has 0 unspecified atom stereocenters. The lowest BCUT2D eigenvalue weighted by Crippen LogP contribution is -2.36. The second-order valence-electron chi connectivity index (χ2n) is 8.57. The summed E-state index contributed by atoms with van der Waals surface area (Å²) in [6.45, 7) is 10.8. The highest BCUT2D eigenvalue weighted by atomic mass is 16.5. The molecule has 168 valence electrons. The molecule has 0 radical (unpaired) electrons. The summed E-state index contributed by atoms with van der Waals surface area (Å²) in [7, 11) is 0. The van der Waals surface area contributed by atoms with Gasteiger partial charge >= 0.3 is 0 Å². The van der Waals surface area contributed by atoms with Crippen LogP contribution in [0, 0.1) is 20.8 Å². The van der Waals surface area contributed by atoms with E-state index in [1.165, 1.54) is 22.4 Å². The fraction of sp³-hybridized carbons (Fsp3) is 0.370. The lowest BCUT2D eigenvalue weighted by molar-refractivity contribution is 0.0944. The summed E-state index contributed by atoms with van der Waals surface area (Å²) in [5.74, 6) is -0.00584. The van der Waals surface area contributed by atoms with Gasteiger partial charge in [-0.2, -0.15) is 0 Å². The maximum absolute atomic E-state index is 13.4. The number of aryl methyl sites for hydroxylation is 1. The van der Waals surface area contributed by atoms with Crippen molar-refractivity contribution in [3.05, 3.63) is 88.2 Å². The molecule has 1 amide bonds. The molecule has 1 fully saturated rings. The van der Waals surface area contributed by atoms with Gasteiger partial charge in [0.2, 0.25) is 0 Å². The zero-order valence-electron chi connectivity index (χ0n) is 19.4. The maximum atomic E-state index is 13.4. The van der Waals surface area contributed by atoms with Crippen molar-refractivity contribution >= 4 is 11.6 Å². The summed E-state index contributed by atoms with van der Waals surface area (Å²) in [6, 6.07) is 18.8. The molecule has 1 saturated heterocycles. The van der Waals surface area contributed by atoms with Crippen molar-refractivity contribution in [3.8, 4) is 0 Å². The van der Waals surface area contributed by atoms with E-state index in [-0.39, 0.29) is 5.91 Å². The third-order valence-corrected chi connectivity index (χ3v) is 6.24. The van der Waals surface area contributed by atoms with E-state index in [1.807, 2.05) is 18.2 Å². The Morgan fingerprint density at radius 3 is 2.41 bits per heavy atom. The van der Waals surface area contributed by atoms with Crippen molar-refractivity contribution in [3.63, 3.8) is 0 Å². The number of nitrogens with zero attached hydrogens (tertiary/aromatic N) is 2. The minimum atomic E-state index is -0.00584. The Hall–Kier alpha value is -3.05. The predicted octanol–water partition coefficient (Wildman–Crippen LogP) is 4.27. The Kier molecular flexibility index (Phi) is 6.96. The number of carbonyl (C=O) groups excluding carboxylic acids is 1. The highest BCUT2D eigenvalue weighted by molar-refractivity contribution is 5.96. The summed E-state index contributed by atoms with van der Waals surface area (Å²) in [6.07, 6.45) is 0.819. The second-order valence-corrected chi connectivity index (χ2v) is 8.57. The third-order valence-electron chi connectivity index (χ3n) is 6.24. The van der Waals surface area contributed by atoms with Crippen LogP contribution in [0.3, 0.4) is 0 Å². The standard InChI is InChI=1S/C27H33N3O2/c1-20-8-7-11-24(18-20)19-30-22(3)25(29-14-16-32-17-15-29)21(2)26(30)27(31)28-13-12-23-9-5-4-6-10-23/h4-11,18H,12-17,19H2,1-3H3,(H,28,31). The Bertz CT molecular complexity index is 1070. The fourth-order valence-corrected chi connectivity index (χ4v) is 4.67. The smallest absolute Gasteiger partial charge is 0.268 e. The SMILES string of the molecule is Cc1cccc(Cn2c(C)c(N3CCOCC3)c(C)c2C(=O)NCCc2ccccc2)c1. The van der Waals surface area contributed by atoms with Crippen LogP contribution >= 0.6 is 0 Å². The van der Waals surface area contributed by atoms with Gasteiger partial charge in [-0.15, -0.1) is 0 Å². The molecule has 4 rings (SSSR count). The van der Waals surface area contributed by atoms with Crippen molar-refractivity contribution in [2.24, 2.45) is 0 Å². The number of nitrogens with one attached hydrogen (secondary N) is 1. The van der Waals surface area contributed by atoms with E-state index in [0.717, 1.165) is 49.7 Å². The van der Waals surface area contributed by atoms with Gasteiger partial charge in [-0.3, -0.25) is 4.79 Å². The van der Waals surface area contributed by atoms with Crippen LogP contribution in [0.1, 0.15) is 38.4 Å². The maximum Gasteiger partial charge on any atom is 0.268 e. The minimum absolute atomic E-state index is 0.00584. The lowest BCUT2D eigenvalue weighted by atomic mass is 10.1. The first kappa shape index (κ1) is 22.2. The van der Waals surface area contributed by atoms with Crippen molar-refractivity contribution < 1.29 is 9.53 Å². The summed E-state index contributed by atoms with van der Waals surface area (Å²) in [5, 5.41) is 3.17. The van der Waals surface area contributed by atoms with E-state index in [9.17, 15) is 4.79 Å². The molecule has 3 aromatic rings. The van der Waals surface area contributed by atoms with Crippen molar-refractivity contribution in [1.29, 1.82) is 0 Å². The molecule has 2 aromatic carbocycles. The molecule has 32 heavy (non-hydrogen) atoms. The van der Waals surface area contributed by atoms with Crippen LogP contribution < -0.4 is 10.2 Å². The van der Waals surface area contributed by atoms with Gasteiger partial charge in [-0.05, 0) is 38.3 Å². The van der Waals surface area contributed by atoms with Gasteiger partial charge in [-0.1, -0.05) is 60.2 Å². The van der Waals surface area contributed by atoms with Crippen LogP contribution in [0.4, 0.5) is 5.69 Å². The molecule has 0 aliphatic carbocycles. The average molecular weight is 432 g/mol. The zero-order chi connectivity index (χ0) is 22.5. The quantitative estimate of drug-likeness (QED) is 0.608. The largest absolute Gasteiger partial charge is 0.378 e. The molecule has 0 spiro atoms. The van der Waals surface area contributed by atoms with Gasteiger partial charge in [0.1, 0.15) is 5.69 Å². The summed E-state index contributed by atoms with van der Waals surface area (Å²) < 4.78 is 7.75. The number of morpholine rings is 1. The Morgan fingerprint density at radius 2 is 1.69 bits per heavy atom. The number of rotatable bonds is 7. The molecule has 1 aliphatic heterocycles. The molecule has 1 aliphatic rings. The van der Waals surface area contributed by atoms with Gasteiger partial charge in [0.25, 0.3) is 5.91 Å². The van der Waals surface area contributed by atoms with E-state index in [4.69, 9.17) is 4.74 Å². The van der Waals surface area contributed by atoms with Crippen LogP contribution in [-0.2, 0) is 17.7 Å². The number of benzene rings is 2. The molecule has 0 atom stereocenters. The number of aromatic nitrogens is 1. The molecular formula is C27H33N3O2. The molecular weight excluding hydrogens is 398 g/mol. The molecule has 5 nitrogen and oxygen atoms in total. The topological polar surface area (TPSA) is 46.5 Å². The van der Waals surface area contributed by atoms with Gasteiger partial charge in [0.15, 0.2) is 0 Å². The number of hydrogen-bond donors (Lipinski definition) is 1. The van der Waals surface area contributed by atoms with Crippen molar-refractivity contribution in [1.82, 2.24) is 9.88 Å². The third kappa shape index (κ3) is 4.89.